The lowest BCUT2D eigenvalue weighted by Gasteiger charge is -2.33. The van der Waals surface area contributed by atoms with E-state index in [2.05, 4.69) is 22.9 Å². The van der Waals surface area contributed by atoms with Crippen molar-refractivity contribution in [2.75, 3.05) is 18.0 Å². The van der Waals surface area contributed by atoms with Crippen molar-refractivity contribution in [3.8, 4) is 0 Å². The highest BCUT2D eigenvalue weighted by Gasteiger charge is 2.20. The monoisotopic (exact) mass is 252 g/mol. The molecule has 0 amide bonds. The van der Waals surface area contributed by atoms with Gasteiger partial charge in [0.1, 0.15) is 5.82 Å². The minimum absolute atomic E-state index is 0.554. The Morgan fingerprint density at radius 2 is 2.18 bits per heavy atom. The lowest BCUT2D eigenvalue weighted by molar-refractivity contribution is 0.377. The predicted molar refractivity (Wildman–Crippen MR) is 73.6 cm³/mol. The molecule has 0 aliphatic carbocycles. The summed E-state index contributed by atoms with van der Waals surface area (Å²) < 4.78 is 0. The molecule has 1 aliphatic heterocycles. The second-order valence-corrected chi connectivity index (χ2v) is 5.11. The molecule has 2 nitrogen and oxygen atoms in total. The van der Waals surface area contributed by atoms with Crippen LogP contribution >= 0.6 is 11.6 Å². The Hall–Kier alpha value is -0.760. The van der Waals surface area contributed by atoms with E-state index in [1.165, 1.54) is 25.7 Å². The summed E-state index contributed by atoms with van der Waals surface area (Å²) in [5.74, 6) is 2.56. The molecule has 0 N–H and O–H groups in total. The summed E-state index contributed by atoms with van der Waals surface area (Å²) in [5.41, 5.74) is 1.16. The summed E-state index contributed by atoms with van der Waals surface area (Å²) in [5, 5.41) is 0. The van der Waals surface area contributed by atoms with Crippen LogP contribution in [-0.4, -0.2) is 18.1 Å². The van der Waals surface area contributed by atoms with Crippen LogP contribution in [0.15, 0.2) is 18.3 Å². The van der Waals surface area contributed by atoms with Crippen molar-refractivity contribution in [2.45, 2.75) is 38.5 Å². The third kappa shape index (κ3) is 3.12. The molecule has 1 aromatic heterocycles. The minimum Gasteiger partial charge on any atom is -0.356 e. The maximum absolute atomic E-state index is 5.96. The fourth-order valence-electron chi connectivity index (χ4n) is 2.66. The summed E-state index contributed by atoms with van der Waals surface area (Å²) in [4.78, 5) is 6.88. The lowest BCUT2D eigenvalue weighted by Crippen LogP contribution is -2.34. The third-order valence-electron chi connectivity index (χ3n) is 3.62. The van der Waals surface area contributed by atoms with Crippen molar-refractivity contribution in [1.82, 2.24) is 4.98 Å². The van der Waals surface area contributed by atoms with Gasteiger partial charge in [-0.15, -0.1) is 11.6 Å². The molecular weight excluding hydrogens is 232 g/mol. The van der Waals surface area contributed by atoms with Gasteiger partial charge < -0.3 is 4.90 Å². The number of pyridine rings is 1. The zero-order chi connectivity index (χ0) is 12.1. The molecule has 0 bridgehead atoms. The highest BCUT2D eigenvalue weighted by Crippen LogP contribution is 2.27. The molecule has 94 valence electrons. The standard InChI is InChI=1S/C14H21ClN2/c1-2-4-12-6-9-17(10-7-12)14-13(11-15)5-3-8-16-14/h3,5,8,12H,2,4,6-7,9-11H2,1H3. The number of piperidine rings is 1. The second-order valence-electron chi connectivity index (χ2n) is 4.84. The Kier molecular flexibility index (Phi) is 4.66. The smallest absolute Gasteiger partial charge is 0.132 e. The quantitative estimate of drug-likeness (QED) is 0.757. The summed E-state index contributed by atoms with van der Waals surface area (Å²) in [6, 6.07) is 4.04. The molecule has 1 fully saturated rings. The molecule has 0 saturated carbocycles. The maximum atomic E-state index is 5.96. The van der Waals surface area contributed by atoms with Crippen LogP contribution in [0.3, 0.4) is 0 Å². The van der Waals surface area contributed by atoms with Gasteiger partial charge in [0.05, 0.1) is 5.88 Å². The van der Waals surface area contributed by atoms with Crippen LogP contribution in [0, 0.1) is 5.92 Å². The molecule has 3 heteroatoms. The van der Waals surface area contributed by atoms with Gasteiger partial charge in [-0.05, 0) is 24.8 Å². The van der Waals surface area contributed by atoms with Gasteiger partial charge in [-0.2, -0.15) is 0 Å². The minimum atomic E-state index is 0.554. The first-order valence-corrected chi connectivity index (χ1v) is 7.13. The number of halogens is 1. The highest BCUT2D eigenvalue weighted by atomic mass is 35.5. The molecule has 0 atom stereocenters. The highest BCUT2D eigenvalue weighted by molar-refractivity contribution is 6.17. The molecule has 2 heterocycles. The van der Waals surface area contributed by atoms with Crippen LogP contribution < -0.4 is 4.90 Å². The SMILES string of the molecule is CCCC1CCN(c2ncccc2CCl)CC1. The van der Waals surface area contributed by atoms with E-state index in [0.717, 1.165) is 30.4 Å². The number of hydrogen-bond donors (Lipinski definition) is 0. The summed E-state index contributed by atoms with van der Waals surface area (Å²) in [7, 11) is 0. The predicted octanol–water partition coefficient (Wildman–Crippen LogP) is 3.84. The van der Waals surface area contributed by atoms with Crippen LogP contribution in [0.4, 0.5) is 5.82 Å². The average Bonchev–Trinajstić information content (AvgIpc) is 2.40. The summed E-state index contributed by atoms with van der Waals surface area (Å²) in [6.45, 7) is 4.54. The Bertz CT molecular complexity index is 346. The zero-order valence-electron chi connectivity index (χ0n) is 10.5. The van der Waals surface area contributed by atoms with Crippen molar-refractivity contribution in [3.05, 3.63) is 23.9 Å². The fourth-order valence-corrected chi connectivity index (χ4v) is 2.87. The van der Waals surface area contributed by atoms with E-state index < -0.39 is 0 Å². The van der Waals surface area contributed by atoms with E-state index in [0.29, 0.717) is 5.88 Å². The first-order valence-electron chi connectivity index (χ1n) is 6.60. The van der Waals surface area contributed by atoms with E-state index in [4.69, 9.17) is 11.6 Å². The largest absolute Gasteiger partial charge is 0.356 e. The van der Waals surface area contributed by atoms with Crippen LogP contribution in [0.25, 0.3) is 0 Å². The number of hydrogen-bond acceptors (Lipinski definition) is 2. The molecule has 0 radical (unpaired) electrons. The zero-order valence-corrected chi connectivity index (χ0v) is 11.3. The van der Waals surface area contributed by atoms with Crippen LogP contribution in [0.5, 0.6) is 0 Å². The Labute approximate surface area is 109 Å². The number of aromatic nitrogens is 1. The van der Waals surface area contributed by atoms with Crippen molar-refractivity contribution < 1.29 is 0 Å². The van der Waals surface area contributed by atoms with Crippen LogP contribution in [0.1, 0.15) is 38.2 Å². The molecule has 0 spiro atoms. The van der Waals surface area contributed by atoms with E-state index in [1.54, 1.807) is 0 Å². The fraction of sp³-hybridized carbons (Fsp3) is 0.643. The van der Waals surface area contributed by atoms with Crippen LogP contribution in [-0.2, 0) is 5.88 Å². The number of anilines is 1. The third-order valence-corrected chi connectivity index (χ3v) is 3.91. The molecule has 2 rings (SSSR count). The molecule has 1 aromatic rings. The average molecular weight is 253 g/mol. The molecule has 1 aliphatic rings. The molecular formula is C14H21ClN2. The van der Waals surface area contributed by atoms with Gasteiger partial charge in [0, 0.05) is 24.8 Å². The first-order chi connectivity index (χ1) is 8.35. The number of nitrogens with zero attached hydrogens (tertiary/aromatic N) is 2. The van der Waals surface area contributed by atoms with Gasteiger partial charge in [-0.25, -0.2) is 4.98 Å². The van der Waals surface area contributed by atoms with E-state index >= 15 is 0 Å². The molecule has 0 aromatic carbocycles. The number of rotatable bonds is 4. The first kappa shape index (κ1) is 12.7. The van der Waals surface area contributed by atoms with Crippen molar-refractivity contribution in [2.24, 2.45) is 5.92 Å². The van der Waals surface area contributed by atoms with Gasteiger partial charge in [-0.1, -0.05) is 25.8 Å². The van der Waals surface area contributed by atoms with E-state index in [9.17, 15) is 0 Å². The topological polar surface area (TPSA) is 16.1 Å². The van der Waals surface area contributed by atoms with Gasteiger partial charge in [0.2, 0.25) is 0 Å². The number of alkyl halides is 1. The van der Waals surface area contributed by atoms with Gasteiger partial charge in [0.15, 0.2) is 0 Å². The van der Waals surface area contributed by atoms with E-state index in [-0.39, 0.29) is 0 Å². The van der Waals surface area contributed by atoms with Crippen molar-refractivity contribution in [1.29, 1.82) is 0 Å². The second kappa shape index (κ2) is 6.25. The van der Waals surface area contributed by atoms with E-state index in [1.807, 2.05) is 12.3 Å². The maximum Gasteiger partial charge on any atom is 0.132 e. The Morgan fingerprint density at radius 1 is 1.41 bits per heavy atom. The summed E-state index contributed by atoms with van der Waals surface area (Å²) in [6.07, 6.45) is 7.14. The van der Waals surface area contributed by atoms with Gasteiger partial charge in [-0.3, -0.25) is 0 Å². The molecule has 1 saturated heterocycles. The van der Waals surface area contributed by atoms with Crippen molar-refractivity contribution >= 4 is 17.4 Å². The normalized spacial score (nSPS) is 17.4. The van der Waals surface area contributed by atoms with Gasteiger partial charge >= 0.3 is 0 Å². The Balaban J connectivity index is 2.00. The molecule has 0 unspecified atom stereocenters. The van der Waals surface area contributed by atoms with Crippen molar-refractivity contribution in [3.63, 3.8) is 0 Å². The van der Waals surface area contributed by atoms with Crippen LogP contribution in [0.2, 0.25) is 0 Å². The molecule has 17 heavy (non-hydrogen) atoms. The summed E-state index contributed by atoms with van der Waals surface area (Å²) >= 11 is 5.96. The lowest BCUT2D eigenvalue weighted by atomic mass is 9.92. The van der Waals surface area contributed by atoms with Gasteiger partial charge in [0.25, 0.3) is 0 Å². The Morgan fingerprint density at radius 3 is 2.82 bits per heavy atom.